The zero-order valence-electron chi connectivity index (χ0n) is 10.2. The molecular formula is C14H17FN2. The molecule has 0 spiro atoms. The Kier molecular flexibility index (Phi) is 5.30. The third-order valence-corrected chi connectivity index (χ3v) is 2.42. The van der Waals surface area contributed by atoms with Crippen LogP contribution in [-0.2, 0) is 6.54 Å². The number of alkyl halides is 1. The molecule has 90 valence electrons. The van der Waals surface area contributed by atoms with E-state index >= 15 is 0 Å². The Morgan fingerprint density at radius 2 is 1.59 bits per heavy atom. The van der Waals surface area contributed by atoms with Gasteiger partial charge in [-0.05, 0) is 18.6 Å². The maximum Gasteiger partial charge on any atom is 0.0785 e. The van der Waals surface area contributed by atoms with E-state index in [-0.39, 0.29) is 0 Å². The van der Waals surface area contributed by atoms with Crippen molar-refractivity contribution in [2.45, 2.75) is 13.5 Å². The van der Waals surface area contributed by atoms with E-state index in [0.717, 1.165) is 11.3 Å². The van der Waals surface area contributed by atoms with E-state index in [1.807, 2.05) is 12.3 Å². The van der Waals surface area contributed by atoms with Crippen LogP contribution in [0.1, 0.15) is 11.3 Å². The molecule has 1 aromatic heterocycles. The van der Waals surface area contributed by atoms with Gasteiger partial charge in [-0.2, -0.15) is 0 Å². The maximum absolute atomic E-state index is 9.50. The number of benzene rings is 1. The molecule has 0 aliphatic heterocycles. The van der Waals surface area contributed by atoms with Crippen molar-refractivity contribution >= 4 is 0 Å². The predicted octanol–water partition coefficient (Wildman–Crippen LogP) is 3.10. The number of aryl methyl sites for hydroxylation is 1. The molecule has 2 rings (SSSR count). The third kappa shape index (κ3) is 3.64. The van der Waals surface area contributed by atoms with Crippen molar-refractivity contribution in [2.24, 2.45) is 5.73 Å². The van der Waals surface area contributed by atoms with E-state index in [9.17, 15) is 4.39 Å². The first-order chi connectivity index (χ1) is 8.29. The lowest BCUT2D eigenvalue weighted by atomic mass is 10.1. The SMILES string of the molecule is CF.Cc1ccc(-c2ccc(CN)nc2)cc1. The molecule has 1 aromatic carbocycles. The minimum Gasteiger partial charge on any atom is -0.325 e. The van der Waals surface area contributed by atoms with E-state index in [0.29, 0.717) is 13.7 Å². The Morgan fingerprint density at radius 3 is 2.06 bits per heavy atom. The summed E-state index contributed by atoms with van der Waals surface area (Å²) in [6, 6.07) is 12.4. The summed E-state index contributed by atoms with van der Waals surface area (Å²) >= 11 is 0. The van der Waals surface area contributed by atoms with E-state index in [1.165, 1.54) is 11.1 Å². The number of hydrogen-bond donors (Lipinski definition) is 1. The number of aromatic nitrogens is 1. The number of hydrogen-bond acceptors (Lipinski definition) is 2. The van der Waals surface area contributed by atoms with Crippen molar-refractivity contribution in [1.29, 1.82) is 0 Å². The number of nitrogens with zero attached hydrogens (tertiary/aromatic N) is 1. The molecular weight excluding hydrogens is 215 g/mol. The molecule has 2 nitrogen and oxygen atoms in total. The minimum absolute atomic E-state index is 0.494. The second-order valence-corrected chi connectivity index (χ2v) is 3.61. The quantitative estimate of drug-likeness (QED) is 0.864. The van der Waals surface area contributed by atoms with Crippen LogP contribution in [0.2, 0.25) is 0 Å². The zero-order valence-corrected chi connectivity index (χ0v) is 10.2. The van der Waals surface area contributed by atoms with Gasteiger partial charge >= 0.3 is 0 Å². The summed E-state index contributed by atoms with van der Waals surface area (Å²) in [5, 5.41) is 0. The van der Waals surface area contributed by atoms with Crippen molar-refractivity contribution in [3.8, 4) is 11.1 Å². The average molecular weight is 232 g/mol. The fraction of sp³-hybridized carbons (Fsp3) is 0.214. The van der Waals surface area contributed by atoms with Gasteiger partial charge in [0.05, 0.1) is 12.9 Å². The van der Waals surface area contributed by atoms with Crippen molar-refractivity contribution in [3.63, 3.8) is 0 Å². The first kappa shape index (κ1) is 13.3. The molecule has 0 radical (unpaired) electrons. The first-order valence-corrected chi connectivity index (χ1v) is 5.39. The van der Waals surface area contributed by atoms with Gasteiger partial charge in [0.1, 0.15) is 0 Å². The highest BCUT2D eigenvalue weighted by Crippen LogP contribution is 2.18. The van der Waals surface area contributed by atoms with E-state index < -0.39 is 0 Å². The summed E-state index contributed by atoms with van der Waals surface area (Å²) < 4.78 is 9.50. The molecule has 2 N–H and O–H groups in total. The van der Waals surface area contributed by atoms with Crippen LogP contribution in [0.25, 0.3) is 11.1 Å². The number of pyridine rings is 1. The Labute approximate surface area is 101 Å². The van der Waals surface area contributed by atoms with Gasteiger partial charge in [-0.15, -0.1) is 0 Å². The van der Waals surface area contributed by atoms with Gasteiger partial charge in [-0.3, -0.25) is 9.37 Å². The lowest BCUT2D eigenvalue weighted by Crippen LogP contribution is -1.98. The summed E-state index contributed by atoms with van der Waals surface area (Å²) in [6.07, 6.45) is 1.87. The molecule has 0 atom stereocenters. The number of halogens is 1. The maximum atomic E-state index is 9.50. The summed E-state index contributed by atoms with van der Waals surface area (Å²) in [5.74, 6) is 0. The standard InChI is InChI=1S/C13H14N2.CH3F/c1-10-2-4-11(5-3-10)12-6-7-13(8-14)15-9-12;1-2/h2-7,9H,8,14H2,1H3;1H3. The van der Waals surface area contributed by atoms with Crippen LogP contribution in [0.3, 0.4) is 0 Å². The summed E-state index contributed by atoms with van der Waals surface area (Å²) in [5.41, 5.74) is 10.0. The van der Waals surface area contributed by atoms with Crippen LogP contribution in [0.4, 0.5) is 4.39 Å². The summed E-state index contributed by atoms with van der Waals surface area (Å²) in [4.78, 5) is 4.27. The molecule has 0 bridgehead atoms. The first-order valence-electron chi connectivity index (χ1n) is 5.39. The molecule has 0 fully saturated rings. The highest BCUT2D eigenvalue weighted by molar-refractivity contribution is 5.62. The smallest absolute Gasteiger partial charge is 0.0785 e. The Hall–Kier alpha value is -1.74. The van der Waals surface area contributed by atoms with Gasteiger partial charge in [0.15, 0.2) is 0 Å². The highest BCUT2D eigenvalue weighted by atomic mass is 19.1. The largest absolute Gasteiger partial charge is 0.325 e. The van der Waals surface area contributed by atoms with Gasteiger partial charge in [0.25, 0.3) is 0 Å². The van der Waals surface area contributed by atoms with Crippen LogP contribution in [0.5, 0.6) is 0 Å². The van der Waals surface area contributed by atoms with Gasteiger partial charge < -0.3 is 5.73 Å². The lowest BCUT2D eigenvalue weighted by molar-refractivity contribution is 0.636. The fourth-order valence-electron chi connectivity index (χ4n) is 1.46. The molecule has 0 aliphatic carbocycles. The highest BCUT2D eigenvalue weighted by Gasteiger charge is 1.97. The molecule has 0 saturated carbocycles. The summed E-state index contributed by atoms with van der Waals surface area (Å²) in [7, 11) is 0.500. The Balaban J connectivity index is 0.000000686. The van der Waals surface area contributed by atoms with Gasteiger partial charge in [0, 0.05) is 18.3 Å². The predicted molar refractivity (Wildman–Crippen MR) is 69.3 cm³/mol. The van der Waals surface area contributed by atoms with Crippen molar-refractivity contribution in [2.75, 3.05) is 7.18 Å². The second-order valence-electron chi connectivity index (χ2n) is 3.61. The zero-order chi connectivity index (χ0) is 12.7. The Morgan fingerprint density at radius 1 is 1.00 bits per heavy atom. The van der Waals surface area contributed by atoms with Crippen LogP contribution in [0.15, 0.2) is 42.6 Å². The number of rotatable bonds is 2. The minimum atomic E-state index is 0.494. The molecule has 0 unspecified atom stereocenters. The molecule has 3 heteroatoms. The third-order valence-electron chi connectivity index (χ3n) is 2.42. The Bertz CT molecular complexity index is 435. The van der Waals surface area contributed by atoms with Crippen LogP contribution in [-0.4, -0.2) is 12.2 Å². The lowest BCUT2D eigenvalue weighted by Gasteiger charge is -2.02. The van der Waals surface area contributed by atoms with Gasteiger partial charge in [0.2, 0.25) is 0 Å². The van der Waals surface area contributed by atoms with E-state index in [2.05, 4.69) is 42.2 Å². The molecule has 0 saturated heterocycles. The van der Waals surface area contributed by atoms with Crippen LogP contribution in [0, 0.1) is 6.92 Å². The molecule has 2 aromatic rings. The van der Waals surface area contributed by atoms with Crippen LogP contribution >= 0.6 is 0 Å². The number of nitrogens with two attached hydrogens (primary N) is 1. The molecule has 0 amide bonds. The topological polar surface area (TPSA) is 38.9 Å². The van der Waals surface area contributed by atoms with Crippen molar-refractivity contribution in [1.82, 2.24) is 4.98 Å². The van der Waals surface area contributed by atoms with Crippen LogP contribution < -0.4 is 5.73 Å². The molecule has 0 aliphatic rings. The van der Waals surface area contributed by atoms with Crippen molar-refractivity contribution in [3.05, 3.63) is 53.9 Å². The van der Waals surface area contributed by atoms with Gasteiger partial charge in [-0.25, -0.2) is 0 Å². The van der Waals surface area contributed by atoms with Gasteiger partial charge in [-0.1, -0.05) is 35.9 Å². The van der Waals surface area contributed by atoms with E-state index in [4.69, 9.17) is 5.73 Å². The normalized spacial score (nSPS) is 9.41. The molecule has 1 heterocycles. The average Bonchev–Trinajstić information content (AvgIpc) is 2.42. The van der Waals surface area contributed by atoms with Crippen molar-refractivity contribution < 1.29 is 4.39 Å². The summed E-state index contributed by atoms with van der Waals surface area (Å²) in [6.45, 7) is 2.58. The monoisotopic (exact) mass is 232 g/mol. The van der Waals surface area contributed by atoms with E-state index in [1.54, 1.807) is 0 Å². The molecule has 17 heavy (non-hydrogen) atoms. The second kappa shape index (κ2) is 6.76. The fourth-order valence-corrected chi connectivity index (χ4v) is 1.46.